The van der Waals surface area contributed by atoms with E-state index in [-0.39, 0.29) is 0 Å². The largest absolute Gasteiger partial charge is 0.360 e. The van der Waals surface area contributed by atoms with Crippen molar-refractivity contribution in [3.05, 3.63) is 34.9 Å². The average Bonchev–Trinajstić information content (AvgIpc) is 2.28. The molecule has 92 valence electrons. The Morgan fingerprint density at radius 1 is 1.06 bits per heavy atom. The second kappa shape index (κ2) is 5.35. The van der Waals surface area contributed by atoms with Crippen molar-refractivity contribution in [3.8, 4) is 0 Å². The molecule has 1 aliphatic heterocycles. The first-order valence-corrected chi connectivity index (χ1v) is 6.55. The Bertz CT molecular complexity index is 383. The Balaban J connectivity index is 2.01. The third-order valence-electron chi connectivity index (χ3n) is 3.39. The molecule has 1 aromatic carbocycles. The van der Waals surface area contributed by atoms with Gasteiger partial charge in [-0.25, -0.2) is 0 Å². The highest BCUT2D eigenvalue weighted by molar-refractivity contribution is 5.81. The highest BCUT2D eigenvalue weighted by Crippen LogP contribution is 2.14. The number of hydrogen-bond acceptors (Lipinski definition) is 1. The van der Waals surface area contributed by atoms with E-state index in [1.165, 1.54) is 36.0 Å². The zero-order valence-corrected chi connectivity index (χ0v) is 10.9. The van der Waals surface area contributed by atoms with Gasteiger partial charge in [0.2, 0.25) is 0 Å². The van der Waals surface area contributed by atoms with E-state index in [0.29, 0.717) is 0 Å². The lowest BCUT2D eigenvalue weighted by Gasteiger charge is -2.29. The van der Waals surface area contributed by atoms with Crippen molar-refractivity contribution < 1.29 is 0 Å². The van der Waals surface area contributed by atoms with Crippen LogP contribution in [0.1, 0.15) is 36.0 Å². The molecule has 17 heavy (non-hydrogen) atoms. The fourth-order valence-corrected chi connectivity index (χ4v) is 2.64. The van der Waals surface area contributed by atoms with Crippen LogP contribution in [0.4, 0.5) is 0 Å². The van der Waals surface area contributed by atoms with E-state index >= 15 is 0 Å². The SMILES string of the molecule is Cc1cc(C)cc(CC(=N)N2CCCCC2)c1. The summed E-state index contributed by atoms with van der Waals surface area (Å²) in [5.74, 6) is 0.787. The van der Waals surface area contributed by atoms with Gasteiger partial charge in [-0.2, -0.15) is 0 Å². The maximum atomic E-state index is 8.19. The molecule has 2 rings (SSSR count). The second-order valence-electron chi connectivity index (χ2n) is 5.17. The van der Waals surface area contributed by atoms with Gasteiger partial charge >= 0.3 is 0 Å². The number of piperidine rings is 1. The molecule has 0 bridgehead atoms. The molecule has 0 saturated carbocycles. The summed E-state index contributed by atoms with van der Waals surface area (Å²) < 4.78 is 0. The van der Waals surface area contributed by atoms with E-state index in [1.54, 1.807) is 0 Å². The first-order valence-electron chi connectivity index (χ1n) is 6.55. The third kappa shape index (κ3) is 3.32. The Kier molecular flexibility index (Phi) is 3.82. The van der Waals surface area contributed by atoms with E-state index in [9.17, 15) is 0 Å². The van der Waals surface area contributed by atoms with Crippen LogP contribution in [0.3, 0.4) is 0 Å². The summed E-state index contributed by atoms with van der Waals surface area (Å²) in [6.07, 6.45) is 4.60. The monoisotopic (exact) mass is 230 g/mol. The van der Waals surface area contributed by atoms with Crippen molar-refractivity contribution in [1.29, 1.82) is 5.41 Å². The number of benzene rings is 1. The number of hydrogen-bond donors (Lipinski definition) is 1. The van der Waals surface area contributed by atoms with E-state index in [0.717, 1.165) is 25.3 Å². The first-order chi connectivity index (χ1) is 8.15. The lowest BCUT2D eigenvalue weighted by Crippen LogP contribution is -2.36. The molecule has 1 fully saturated rings. The standard InChI is InChI=1S/C15H22N2/c1-12-8-13(2)10-14(9-12)11-15(16)17-6-4-3-5-7-17/h8-10,16H,3-7,11H2,1-2H3. The number of aryl methyl sites for hydroxylation is 2. The summed E-state index contributed by atoms with van der Waals surface area (Å²) in [5, 5.41) is 8.19. The van der Waals surface area contributed by atoms with Crippen LogP contribution >= 0.6 is 0 Å². The molecule has 0 spiro atoms. The molecule has 2 nitrogen and oxygen atoms in total. The van der Waals surface area contributed by atoms with Crippen molar-refractivity contribution in [3.63, 3.8) is 0 Å². The minimum absolute atomic E-state index is 0.780. The Morgan fingerprint density at radius 2 is 1.65 bits per heavy atom. The van der Waals surface area contributed by atoms with Gasteiger partial charge in [-0.05, 0) is 38.7 Å². The molecule has 1 aromatic rings. The molecule has 0 amide bonds. The predicted octanol–water partition coefficient (Wildman–Crippen LogP) is 3.31. The van der Waals surface area contributed by atoms with Gasteiger partial charge in [0.05, 0.1) is 0 Å². The van der Waals surface area contributed by atoms with Gasteiger partial charge in [0.25, 0.3) is 0 Å². The molecule has 0 aliphatic carbocycles. The Morgan fingerprint density at radius 3 is 2.24 bits per heavy atom. The Labute approximate surface area is 104 Å². The minimum Gasteiger partial charge on any atom is -0.360 e. The van der Waals surface area contributed by atoms with E-state index in [4.69, 9.17) is 5.41 Å². The average molecular weight is 230 g/mol. The van der Waals surface area contributed by atoms with Crippen LogP contribution in [0.2, 0.25) is 0 Å². The van der Waals surface area contributed by atoms with Gasteiger partial charge in [-0.15, -0.1) is 0 Å². The molecule has 0 atom stereocenters. The first kappa shape index (κ1) is 12.2. The maximum absolute atomic E-state index is 8.19. The second-order valence-corrected chi connectivity index (χ2v) is 5.17. The van der Waals surface area contributed by atoms with Crippen molar-refractivity contribution >= 4 is 5.84 Å². The van der Waals surface area contributed by atoms with E-state index < -0.39 is 0 Å². The molecule has 2 heteroatoms. The van der Waals surface area contributed by atoms with Crippen molar-refractivity contribution in [1.82, 2.24) is 4.90 Å². The zero-order chi connectivity index (χ0) is 12.3. The summed E-state index contributed by atoms with van der Waals surface area (Å²) in [6.45, 7) is 6.40. The van der Waals surface area contributed by atoms with E-state index in [1.807, 2.05) is 0 Å². The smallest absolute Gasteiger partial charge is 0.100 e. The number of nitrogens with one attached hydrogen (secondary N) is 1. The van der Waals surface area contributed by atoms with Crippen molar-refractivity contribution in [2.75, 3.05) is 13.1 Å². The summed E-state index contributed by atoms with van der Waals surface area (Å²) >= 11 is 0. The molecule has 1 aliphatic rings. The molecule has 1 saturated heterocycles. The van der Waals surface area contributed by atoms with Gasteiger partial charge in [-0.1, -0.05) is 29.3 Å². The predicted molar refractivity (Wildman–Crippen MR) is 72.8 cm³/mol. The van der Waals surface area contributed by atoms with Crippen LogP contribution in [-0.2, 0) is 6.42 Å². The maximum Gasteiger partial charge on any atom is 0.100 e. The molecule has 1 N–H and O–H groups in total. The highest BCUT2D eigenvalue weighted by Gasteiger charge is 2.13. The normalized spacial score (nSPS) is 16.0. The summed E-state index contributed by atoms with van der Waals surface area (Å²) in [4.78, 5) is 2.24. The van der Waals surface area contributed by atoms with E-state index in [2.05, 4.69) is 36.9 Å². The number of nitrogens with zero attached hydrogens (tertiary/aromatic N) is 1. The molecule has 1 heterocycles. The van der Waals surface area contributed by atoms with Crippen molar-refractivity contribution in [2.24, 2.45) is 0 Å². The van der Waals surface area contributed by atoms with Crippen LogP contribution in [0.5, 0.6) is 0 Å². The molecule has 0 radical (unpaired) electrons. The highest BCUT2D eigenvalue weighted by atomic mass is 15.2. The lowest BCUT2D eigenvalue weighted by molar-refractivity contribution is 0.336. The van der Waals surface area contributed by atoms with Crippen LogP contribution < -0.4 is 0 Å². The minimum atomic E-state index is 0.780. The van der Waals surface area contributed by atoms with Gasteiger partial charge in [0, 0.05) is 19.5 Å². The van der Waals surface area contributed by atoms with Crippen LogP contribution in [0.25, 0.3) is 0 Å². The lowest BCUT2D eigenvalue weighted by atomic mass is 10.0. The quantitative estimate of drug-likeness (QED) is 0.612. The van der Waals surface area contributed by atoms with Crippen LogP contribution in [0.15, 0.2) is 18.2 Å². The van der Waals surface area contributed by atoms with Gasteiger partial charge in [0.15, 0.2) is 0 Å². The van der Waals surface area contributed by atoms with Crippen LogP contribution in [-0.4, -0.2) is 23.8 Å². The van der Waals surface area contributed by atoms with Gasteiger partial charge < -0.3 is 4.90 Å². The molecular weight excluding hydrogens is 208 g/mol. The van der Waals surface area contributed by atoms with Gasteiger partial charge in [0.1, 0.15) is 5.84 Å². The summed E-state index contributed by atoms with van der Waals surface area (Å²) in [5.41, 5.74) is 3.87. The summed E-state index contributed by atoms with van der Waals surface area (Å²) in [7, 11) is 0. The van der Waals surface area contributed by atoms with Crippen molar-refractivity contribution in [2.45, 2.75) is 39.5 Å². The van der Waals surface area contributed by atoms with Gasteiger partial charge in [-0.3, -0.25) is 5.41 Å². The number of likely N-dealkylation sites (tertiary alicyclic amines) is 1. The zero-order valence-electron chi connectivity index (χ0n) is 10.9. The van der Waals surface area contributed by atoms with Crippen LogP contribution in [0, 0.1) is 19.3 Å². The molecule has 0 unspecified atom stereocenters. The molecule has 0 aromatic heterocycles. The fraction of sp³-hybridized carbons (Fsp3) is 0.533. The fourth-order valence-electron chi connectivity index (χ4n) is 2.64. The Hall–Kier alpha value is -1.31. The number of amidine groups is 1. The summed E-state index contributed by atoms with van der Waals surface area (Å²) in [6, 6.07) is 6.59. The number of rotatable bonds is 2. The third-order valence-corrected chi connectivity index (χ3v) is 3.39. The topological polar surface area (TPSA) is 27.1 Å². The molecular formula is C15H22N2.